The first-order chi connectivity index (χ1) is 7.50. The molecule has 0 heterocycles. The molecule has 1 nitrogen and oxygen atoms in total. The van der Waals surface area contributed by atoms with Gasteiger partial charge in [-0.2, -0.15) is 0 Å². The van der Waals surface area contributed by atoms with Crippen molar-refractivity contribution in [2.75, 3.05) is 0 Å². The maximum Gasteiger partial charge on any atom is 0.248 e. The van der Waals surface area contributed by atoms with E-state index in [1.807, 2.05) is 18.2 Å². The van der Waals surface area contributed by atoms with Crippen LogP contribution < -0.4 is 0 Å². The van der Waals surface area contributed by atoms with Crippen molar-refractivity contribution in [2.45, 2.75) is 29.5 Å². The van der Waals surface area contributed by atoms with E-state index >= 15 is 0 Å². The monoisotopic (exact) mass is 278 g/mol. The summed E-state index contributed by atoms with van der Waals surface area (Å²) in [5.74, 6) is -0.328. The Hall–Kier alpha value is -0.240. The van der Waals surface area contributed by atoms with Crippen LogP contribution >= 0.6 is 34.8 Å². The number of unbranched alkanes of at least 4 members (excludes halogenated alkanes) is 1. The number of carbonyl (C=O) groups excluding carboxylic acids is 1. The van der Waals surface area contributed by atoms with Gasteiger partial charge in [0.1, 0.15) is 0 Å². The highest BCUT2D eigenvalue weighted by Crippen LogP contribution is 2.29. The van der Waals surface area contributed by atoms with Gasteiger partial charge < -0.3 is 0 Å². The highest BCUT2D eigenvalue weighted by Gasteiger charge is 2.29. The largest absolute Gasteiger partial charge is 0.295 e. The smallest absolute Gasteiger partial charge is 0.248 e. The Morgan fingerprint density at radius 1 is 1.06 bits per heavy atom. The molecular formula is C12H13Cl3O. The third-order valence-electron chi connectivity index (χ3n) is 2.28. The van der Waals surface area contributed by atoms with E-state index in [0.29, 0.717) is 6.42 Å². The molecule has 0 radical (unpaired) electrons. The number of benzene rings is 1. The SMILES string of the molecule is O=C(CCCCc1ccccc1)C(Cl)(Cl)Cl. The lowest BCUT2D eigenvalue weighted by Crippen LogP contribution is -2.18. The van der Waals surface area contributed by atoms with Gasteiger partial charge in [-0.05, 0) is 24.8 Å². The van der Waals surface area contributed by atoms with Gasteiger partial charge in [0.2, 0.25) is 3.79 Å². The first kappa shape index (κ1) is 13.8. The van der Waals surface area contributed by atoms with Crippen LogP contribution in [0.2, 0.25) is 0 Å². The zero-order chi connectivity index (χ0) is 12.0. The number of halogens is 3. The zero-order valence-electron chi connectivity index (χ0n) is 8.76. The molecule has 0 atom stereocenters. The van der Waals surface area contributed by atoms with Crippen LogP contribution in [-0.2, 0) is 11.2 Å². The lowest BCUT2D eigenvalue weighted by molar-refractivity contribution is -0.118. The van der Waals surface area contributed by atoms with Crippen LogP contribution in [-0.4, -0.2) is 9.58 Å². The molecule has 0 spiro atoms. The van der Waals surface area contributed by atoms with Crippen molar-refractivity contribution in [3.05, 3.63) is 35.9 Å². The number of aryl methyl sites for hydroxylation is 1. The van der Waals surface area contributed by atoms with Crippen LogP contribution in [0.15, 0.2) is 30.3 Å². The Morgan fingerprint density at radius 2 is 1.69 bits per heavy atom. The van der Waals surface area contributed by atoms with Gasteiger partial charge >= 0.3 is 0 Å². The summed E-state index contributed by atoms with van der Waals surface area (Å²) in [7, 11) is 0. The average Bonchev–Trinajstić information content (AvgIpc) is 2.24. The molecular weight excluding hydrogens is 266 g/mol. The molecule has 0 aliphatic heterocycles. The van der Waals surface area contributed by atoms with Gasteiger partial charge in [-0.25, -0.2) is 0 Å². The van der Waals surface area contributed by atoms with Crippen LogP contribution in [0.1, 0.15) is 24.8 Å². The summed E-state index contributed by atoms with van der Waals surface area (Å²) in [4.78, 5) is 11.3. The number of hydrogen-bond acceptors (Lipinski definition) is 1. The number of hydrogen-bond donors (Lipinski definition) is 0. The van der Waals surface area contributed by atoms with Crippen LogP contribution in [0.5, 0.6) is 0 Å². The first-order valence-electron chi connectivity index (χ1n) is 5.14. The Bertz CT molecular complexity index is 330. The summed E-state index contributed by atoms with van der Waals surface area (Å²) < 4.78 is -1.76. The van der Waals surface area contributed by atoms with Gasteiger partial charge in [0.15, 0.2) is 5.78 Å². The molecule has 88 valence electrons. The second kappa shape index (κ2) is 6.48. The average molecular weight is 280 g/mol. The van der Waals surface area contributed by atoms with Gasteiger partial charge in [0.25, 0.3) is 0 Å². The highest BCUT2D eigenvalue weighted by atomic mass is 35.6. The van der Waals surface area contributed by atoms with Crippen molar-refractivity contribution < 1.29 is 4.79 Å². The summed E-state index contributed by atoms with van der Waals surface area (Å²) in [5.41, 5.74) is 1.27. The van der Waals surface area contributed by atoms with Gasteiger partial charge in [-0.1, -0.05) is 65.1 Å². The van der Waals surface area contributed by atoms with E-state index in [2.05, 4.69) is 12.1 Å². The molecule has 0 fully saturated rings. The quantitative estimate of drug-likeness (QED) is 0.579. The normalized spacial score (nSPS) is 11.4. The first-order valence-corrected chi connectivity index (χ1v) is 6.27. The van der Waals surface area contributed by atoms with E-state index in [1.165, 1.54) is 5.56 Å². The molecule has 0 saturated heterocycles. The molecule has 0 aliphatic rings. The van der Waals surface area contributed by atoms with Crippen LogP contribution in [0.25, 0.3) is 0 Å². The van der Waals surface area contributed by atoms with E-state index in [1.54, 1.807) is 0 Å². The van der Waals surface area contributed by atoms with E-state index in [9.17, 15) is 4.79 Å². The molecule has 1 rings (SSSR count). The molecule has 0 N–H and O–H groups in total. The Balaban J connectivity index is 2.20. The molecule has 0 saturated carbocycles. The predicted octanol–water partition coefficient (Wildman–Crippen LogP) is 4.34. The van der Waals surface area contributed by atoms with E-state index in [4.69, 9.17) is 34.8 Å². The number of alkyl halides is 3. The molecule has 1 aromatic rings. The van der Waals surface area contributed by atoms with Gasteiger partial charge in [0, 0.05) is 6.42 Å². The third-order valence-corrected chi connectivity index (χ3v) is 2.91. The number of ketones is 1. The number of Topliss-reactive ketones (excluding diaryl/α,β-unsaturated/α-hetero) is 1. The molecule has 0 aromatic heterocycles. The molecule has 0 amide bonds. The van der Waals surface area contributed by atoms with E-state index in [-0.39, 0.29) is 5.78 Å². The summed E-state index contributed by atoms with van der Waals surface area (Å²) in [6.45, 7) is 0. The topological polar surface area (TPSA) is 17.1 Å². The van der Waals surface area contributed by atoms with Gasteiger partial charge in [-0.15, -0.1) is 0 Å². The minimum Gasteiger partial charge on any atom is -0.295 e. The Kier molecular flexibility index (Phi) is 5.60. The second-order valence-electron chi connectivity index (χ2n) is 3.61. The molecule has 1 aromatic carbocycles. The lowest BCUT2D eigenvalue weighted by Gasteiger charge is -2.08. The fraction of sp³-hybridized carbons (Fsp3) is 0.417. The van der Waals surface area contributed by atoms with Crippen molar-refractivity contribution in [1.82, 2.24) is 0 Å². The van der Waals surface area contributed by atoms with Crippen molar-refractivity contribution in [1.29, 1.82) is 0 Å². The Morgan fingerprint density at radius 3 is 2.25 bits per heavy atom. The highest BCUT2D eigenvalue weighted by molar-refractivity contribution is 6.76. The standard InChI is InChI=1S/C12H13Cl3O/c13-12(14,15)11(16)9-5-4-8-10-6-2-1-3-7-10/h1-3,6-7H,4-5,8-9H2. The minimum atomic E-state index is -1.76. The molecule has 16 heavy (non-hydrogen) atoms. The summed E-state index contributed by atoms with van der Waals surface area (Å²) in [5, 5.41) is 0. The predicted molar refractivity (Wildman–Crippen MR) is 69.3 cm³/mol. The lowest BCUT2D eigenvalue weighted by atomic mass is 10.1. The zero-order valence-corrected chi connectivity index (χ0v) is 11.0. The number of carbonyl (C=O) groups is 1. The minimum absolute atomic E-state index is 0.323. The summed E-state index contributed by atoms with van der Waals surface area (Å²) in [6, 6.07) is 10.1. The van der Waals surface area contributed by atoms with Crippen LogP contribution in [0, 0.1) is 0 Å². The Labute approximate surface area is 111 Å². The van der Waals surface area contributed by atoms with Gasteiger partial charge in [-0.3, -0.25) is 4.79 Å². The maximum atomic E-state index is 11.3. The maximum absolute atomic E-state index is 11.3. The van der Waals surface area contributed by atoms with Gasteiger partial charge in [0.05, 0.1) is 0 Å². The van der Waals surface area contributed by atoms with Crippen molar-refractivity contribution in [3.63, 3.8) is 0 Å². The van der Waals surface area contributed by atoms with Crippen molar-refractivity contribution in [2.24, 2.45) is 0 Å². The number of rotatable bonds is 5. The van der Waals surface area contributed by atoms with E-state index < -0.39 is 3.79 Å². The fourth-order valence-corrected chi connectivity index (χ4v) is 1.68. The van der Waals surface area contributed by atoms with Crippen molar-refractivity contribution in [3.8, 4) is 0 Å². The molecule has 0 unspecified atom stereocenters. The van der Waals surface area contributed by atoms with E-state index in [0.717, 1.165) is 19.3 Å². The van der Waals surface area contributed by atoms with Crippen LogP contribution in [0.4, 0.5) is 0 Å². The molecule has 0 aliphatic carbocycles. The molecule has 0 bridgehead atoms. The van der Waals surface area contributed by atoms with Crippen LogP contribution in [0.3, 0.4) is 0 Å². The summed E-state index contributed by atoms with van der Waals surface area (Å²) >= 11 is 16.4. The third kappa shape index (κ3) is 5.20. The second-order valence-corrected chi connectivity index (χ2v) is 5.89. The fourth-order valence-electron chi connectivity index (χ4n) is 1.40. The molecule has 4 heteroatoms. The summed E-state index contributed by atoms with van der Waals surface area (Å²) in [6.07, 6.45) is 2.95. The van der Waals surface area contributed by atoms with Crippen molar-refractivity contribution >= 4 is 40.6 Å².